The molecule has 0 saturated carbocycles. The van der Waals surface area contributed by atoms with E-state index < -0.39 is 11.7 Å². The van der Waals surface area contributed by atoms with Gasteiger partial charge in [-0.25, -0.2) is 4.98 Å². The van der Waals surface area contributed by atoms with Gasteiger partial charge in [0.25, 0.3) is 0 Å². The topological polar surface area (TPSA) is 108 Å². The Labute approximate surface area is 216 Å². The molecule has 0 spiro atoms. The number of alkyl halides is 3. The predicted molar refractivity (Wildman–Crippen MR) is 136 cm³/mol. The van der Waals surface area contributed by atoms with Crippen LogP contribution in [0.15, 0.2) is 54.9 Å². The van der Waals surface area contributed by atoms with Crippen molar-refractivity contribution < 1.29 is 23.1 Å². The molecular formula is C26H26F3N7O2. The maximum atomic E-state index is 13.0. The van der Waals surface area contributed by atoms with E-state index in [9.17, 15) is 23.1 Å². The van der Waals surface area contributed by atoms with E-state index in [1.807, 2.05) is 21.6 Å². The Morgan fingerprint density at radius 1 is 1.00 bits per heavy atom. The summed E-state index contributed by atoms with van der Waals surface area (Å²) >= 11 is 0. The molecule has 198 valence electrons. The molecule has 0 radical (unpaired) electrons. The Morgan fingerprint density at radius 2 is 1.76 bits per heavy atom. The Bertz CT molecular complexity index is 1420. The minimum Gasteiger partial charge on any atom is -0.508 e. The van der Waals surface area contributed by atoms with Crippen molar-refractivity contribution in [3.8, 4) is 5.75 Å². The van der Waals surface area contributed by atoms with Crippen LogP contribution in [0.3, 0.4) is 0 Å². The number of anilines is 3. The van der Waals surface area contributed by atoms with Gasteiger partial charge in [-0.15, -0.1) is 0 Å². The van der Waals surface area contributed by atoms with E-state index in [1.165, 1.54) is 12.1 Å². The molecule has 38 heavy (non-hydrogen) atoms. The van der Waals surface area contributed by atoms with Gasteiger partial charge in [0.1, 0.15) is 5.75 Å². The molecule has 5 rings (SSSR count). The van der Waals surface area contributed by atoms with E-state index in [2.05, 4.69) is 25.6 Å². The number of nitrogens with zero attached hydrogens (tertiary/aromatic N) is 5. The molecule has 4 aromatic rings. The molecule has 0 atom stereocenters. The molecule has 1 fully saturated rings. The first-order valence-electron chi connectivity index (χ1n) is 12.2. The lowest BCUT2D eigenvalue weighted by Gasteiger charge is -2.16. The molecule has 2 aromatic carbocycles. The first-order valence-corrected chi connectivity index (χ1v) is 12.2. The highest BCUT2D eigenvalue weighted by molar-refractivity contribution is 5.85. The first-order chi connectivity index (χ1) is 18.3. The van der Waals surface area contributed by atoms with Crippen molar-refractivity contribution >= 4 is 34.5 Å². The number of halogens is 3. The lowest BCUT2D eigenvalue weighted by molar-refractivity contribution is -0.137. The molecule has 0 aliphatic carbocycles. The summed E-state index contributed by atoms with van der Waals surface area (Å²) in [5.41, 5.74) is 1.76. The van der Waals surface area contributed by atoms with Crippen molar-refractivity contribution in [2.45, 2.75) is 32.0 Å². The maximum Gasteiger partial charge on any atom is 0.416 e. The minimum absolute atomic E-state index is 0.130. The number of aromatic hydroxyl groups is 1. The van der Waals surface area contributed by atoms with Gasteiger partial charge in [-0.2, -0.15) is 23.1 Å². The average molecular weight is 526 g/mol. The van der Waals surface area contributed by atoms with Gasteiger partial charge in [0.15, 0.2) is 17.0 Å². The lowest BCUT2D eigenvalue weighted by atomic mass is 10.1. The SMILES string of the molecule is O=C1CCCN1CCn1cnc2c(NCCc3ccc(O)cc3)nc(Nc3ccc(C(F)(F)F)cc3)nc21. The Hall–Kier alpha value is -4.35. The molecule has 9 nitrogen and oxygen atoms in total. The molecule has 0 unspecified atom stereocenters. The van der Waals surface area contributed by atoms with Crippen molar-refractivity contribution in [1.29, 1.82) is 0 Å². The number of carbonyl (C=O) groups excluding carboxylic acids is 1. The number of hydrogen-bond donors (Lipinski definition) is 3. The minimum atomic E-state index is -4.42. The highest BCUT2D eigenvalue weighted by atomic mass is 19.4. The van der Waals surface area contributed by atoms with E-state index in [0.29, 0.717) is 55.1 Å². The van der Waals surface area contributed by atoms with Crippen LogP contribution in [0.25, 0.3) is 11.2 Å². The number of nitrogens with one attached hydrogen (secondary N) is 2. The van der Waals surface area contributed by atoms with Gasteiger partial charge < -0.3 is 25.2 Å². The smallest absolute Gasteiger partial charge is 0.416 e. The summed E-state index contributed by atoms with van der Waals surface area (Å²) in [6.07, 6.45) is -0.713. The third kappa shape index (κ3) is 5.79. The van der Waals surface area contributed by atoms with E-state index in [0.717, 1.165) is 30.7 Å². The first kappa shape index (κ1) is 25.3. The number of hydrogen-bond acceptors (Lipinski definition) is 7. The molecule has 1 aliphatic rings. The van der Waals surface area contributed by atoms with E-state index in [4.69, 9.17) is 0 Å². The van der Waals surface area contributed by atoms with Gasteiger partial charge in [-0.05, 0) is 54.8 Å². The van der Waals surface area contributed by atoms with Gasteiger partial charge in [0, 0.05) is 38.3 Å². The maximum absolute atomic E-state index is 13.0. The summed E-state index contributed by atoms with van der Waals surface area (Å²) in [6, 6.07) is 11.5. The van der Waals surface area contributed by atoms with Gasteiger partial charge >= 0.3 is 6.18 Å². The summed E-state index contributed by atoms with van der Waals surface area (Å²) in [6.45, 7) is 2.27. The second kappa shape index (κ2) is 10.6. The number of phenolic OH excluding ortho intramolecular Hbond substituents is 1. The number of amides is 1. The zero-order valence-electron chi connectivity index (χ0n) is 20.4. The fraction of sp³-hybridized carbons (Fsp3) is 0.308. The van der Waals surface area contributed by atoms with Crippen LogP contribution in [0.5, 0.6) is 5.75 Å². The Balaban J connectivity index is 1.39. The van der Waals surface area contributed by atoms with Gasteiger partial charge in [-0.3, -0.25) is 4.79 Å². The predicted octanol–water partition coefficient (Wildman–Crippen LogP) is 4.57. The summed E-state index contributed by atoms with van der Waals surface area (Å²) in [5.74, 6) is 0.993. The third-order valence-electron chi connectivity index (χ3n) is 6.36. The quantitative estimate of drug-likeness (QED) is 0.294. The lowest BCUT2D eigenvalue weighted by Crippen LogP contribution is -2.28. The van der Waals surface area contributed by atoms with Crippen LogP contribution in [-0.4, -0.2) is 55.1 Å². The average Bonchev–Trinajstić information content (AvgIpc) is 3.49. The zero-order chi connectivity index (χ0) is 26.7. The largest absolute Gasteiger partial charge is 0.508 e. The van der Waals surface area contributed by atoms with Crippen molar-refractivity contribution in [3.63, 3.8) is 0 Å². The molecular weight excluding hydrogens is 499 g/mol. The molecule has 12 heteroatoms. The van der Waals surface area contributed by atoms with Crippen molar-refractivity contribution in [3.05, 3.63) is 66.0 Å². The van der Waals surface area contributed by atoms with Crippen LogP contribution in [-0.2, 0) is 23.9 Å². The monoisotopic (exact) mass is 525 g/mol. The summed E-state index contributed by atoms with van der Waals surface area (Å²) < 4.78 is 40.7. The zero-order valence-corrected chi connectivity index (χ0v) is 20.4. The molecule has 1 saturated heterocycles. The number of phenols is 1. The van der Waals surface area contributed by atoms with E-state index in [1.54, 1.807) is 18.5 Å². The Kier molecular flexibility index (Phi) is 7.03. The highest BCUT2D eigenvalue weighted by Gasteiger charge is 2.30. The second-order valence-corrected chi connectivity index (χ2v) is 9.03. The van der Waals surface area contributed by atoms with Crippen LogP contribution < -0.4 is 10.6 Å². The van der Waals surface area contributed by atoms with Gasteiger partial charge in [-0.1, -0.05) is 12.1 Å². The van der Waals surface area contributed by atoms with Gasteiger partial charge in [0.2, 0.25) is 11.9 Å². The number of rotatable bonds is 9. The summed E-state index contributed by atoms with van der Waals surface area (Å²) in [4.78, 5) is 27.5. The fourth-order valence-corrected chi connectivity index (χ4v) is 4.32. The number of likely N-dealkylation sites (tertiary alicyclic amines) is 1. The van der Waals surface area contributed by atoms with Crippen molar-refractivity contribution in [2.24, 2.45) is 0 Å². The van der Waals surface area contributed by atoms with E-state index in [-0.39, 0.29) is 17.6 Å². The number of aromatic nitrogens is 4. The fourth-order valence-electron chi connectivity index (χ4n) is 4.32. The Morgan fingerprint density at radius 3 is 2.45 bits per heavy atom. The standard InChI is InChI=1S/C26H26F3N7O2/c27-26(28,29)18-5-7-19(8-6-18)32-25-33-23(30-12-11-17-3-9-20(37)10-4-17)22-24(34-25)36(16-31-22)15-14-35-13-1-2-21(35)38/h3-10,16,37H,1-2,11-15H2,(H2,30,32,33,34). The molecule has 0 bridgehead atoms. The number of fused-ring (bicyclic) bond motifs is 1. The normalized spacial score (nSPS) is 13.9. The highest BCUT2D eigenvalue weighted by Crippen LogP contribution is 2.30. The molecule has 3 heterocycles. The number of benzene rings is 2. The number of carbonyl (C=O) groups is 1. The second-order valence-electron chi connectivity index (χ2n) is 9.03. The van der Waals surface area contributed by atoms with Crippen LogP contribution in [0.4, 0.5) is 30.6 Å². The summed E-state index contributed by atoms with van der Waals surface area (Å²) in [5, 5.41) is 15.8. The van der Waals surface area contributed by atoms with Crippen molar-refractivity contribution in [1.82, 2.24) is 24.4 Å². The van der Waals surface area contributed by atoms with Crippen LogP contribution in [0.1, 0.15) is 24.0 Å². The molecule has 1 amide bonds. The van der Waals surface area contributed by atoms with Crippen molar-refractivity contribution in [2.75, 3.05) is 30.3 Å². The van der Waals surface area contributed by atoms with Crippen LogP contribution in [0, 0.1) is 0 Å². The summed E-state index contributed by atoms with van der Waals surface area (Å²) in [7, 11) is 0. The molecule has 1 aliphatic heterocycles. The third-order valence-corrected chi connectivity index (χ3v) is 6.36. The molecule has 2 aromatic heterocycles. The van der Waals surface area contributed by atoms with Gasteiger partial charge in [0.05, 0.1) is 11.9 Å². The van der Waals surface area contributed by atoms with E-state index >= 15 is 0 Å². The molecule has 3 N–H and O–H groups in total. The number of imidazole rings is 1. The van der Waals surface area contributed by atoms with Crippen LogP contribution in [0.2, 0.25) is 0 Å². The van der Waals surface area contributed by atoms with Crippen LogP contribution >= 0.6 is 0 Å².